The summed E-state index contributed by atoms with van der Waals surface area (Å²) in [7, 11) is 4.78. The number of methoxy groups -OCH3 is 3. The molecule has 0 saturated heterocycles. The van der Waals surface area contributed by atoms with E-state index in [2.05, 4.69) is 0 Å². The molecule has 0 aliphatic carbocycles. The monoisotopic (exact) mass is 495 g/mol. The van der Waals surface area contributed by atoms with E-state index in [1.165, 1.54) is 5.01 Å². The van der Waals surface area contributed by atoms with Crippen LogP contribution in [0.5, 0.6) is 11.5 Å². The summed E-state index contributed by atoms with van der Waals surface area (Å²) < 4.78 is 16.1. The second kappa shape index (κ2) is 12.0. The van der Waals surface area contributed by atoms with Gasteiger partial charge in [0.25, 0.3) is 5.91 Å². The van der Waals surface area contributed by atoms with Crippen molar-refractivity contribution in [3.63, 3.8) is 0 Å². The molecule has 0 spiro atoms. The van der Waals surface area contributed by atoms with Gasteiger partial charge in [0.05, 0.1) is 32.6 Å². The zero-order chi connectivity index (χ0) is 26.3. The summed E-state index contributed by atoms with van der Waals surface area (Å²) in [5.74, 6) is 0.971. The van der Waals surface area contributed by atoms with Gasteiger partial charge >= 0.3 is 0 Å². The normalized spacial score (nSPS) is 15.4. The number of hydrogen-bond donors (Lipinski definition) is 0. The van der Waals surface area contributed by atoms with Crippen molar-refractivity contribution in [1.29, 1.82) is 0 Å². The molecule has 3 rings (SSSR count). The molecule has 0 fully saturated rings. The van der Waals surface area contributed by atoms with Gasteiger partial charge in [-0.2, -0.15) is 5.10 Å². The number of carbonyl (C=O) groups excluding carboxylic acids is 2. The van der Waals surface area contributed by atoms with Gasteiger partial charge in [0.1, 0.15) is 18.0 Å². The molecular formula is C28H37N3O5. The Bertz CT molecular complexity index is 1080. The minimum absolute atomic E-state index is 0.0713. The summed E-state index contributed by atoms with van der Waals surface area (Å²) in [6, 6.07) is 15.1. The number of rotatable bonds is 10. The van der Waals surface area contributed by atoms with Gasteiger partial charge in [-0.05, 0) is 23.1 Å². The lowest BCUT2D eigenvalue weighted by atomic mass is 9.91. The van der Waals surface area contributed by atoms with E-state index in [1.54, 1.807) is 32.3 Å². The van der Waals surface area contributed by atoms with E-state index < -0.39 is 0 Å². The van der Waals surface area contributed by atoms with Crippen LogP contribution < -0.4 is 9.47 Å². The van der Waals surface area contributed by atoms with Crippen LogP contribution in [0.3, 0.4) is 0 Å². The molecule has 0 N–H and O–H groups in total. The highest BCUT2D eigenvalue weighted by Crippen LogP contribution is 2.36. The molecule has 1 aliphatic rings. The molecule has 8 heteroatoms. The van der Waals surface area contributed by atoms with Gasteiger partial charge in [0.15, 0.2) is 0 Å². The number of ether oxygens (including phenoxy) is 3. The van der Waals surface area contributed by atoms with Crippen LogP contribution in [0.2, 0.25) is 0 Å². The Morgan fingerprint density at radius 3 is 2.39 bits per heavy atom. The van der Waals surface area contributed by atoms with Crippen molar-refractivity contribution < 1.29 is 23.8 Å². The molecule has 0 radical (unpaired) electrons. The Morgan fingerprint density at radius 1 is 1.06 bits per heavy atom. The van der Waals surface area contributed by atoms with Crippen molar-refractivity contribution in [3.05, 3.63) is 59.7 Å². The highest BCUT2D eigenvalue weighted by Gasteiger charge is 2.35. The van der Waals surface area contributed by atoms with Crippen LogP contribution in [0.25, 0.3) is 0 Å². The van der Waals surface area contributed by atoms with Crippen LogP contribution in [0.1, 0.15) is 50.8 Å². The predicted octanol–water partition coefficient (Wildman–Crippen LogP) is 4.29. The third kappa shape index (κ3) is 6.85. The van der Waals surface area contributed by atoms with E-state index in [1.807, 2.05) is 63.2 Å². The third-order valence-electron chi connectivity index (χ3n) is 6.00. The van der Waals surface area contributed by atoms with Crippen LogP contribution in [0.15, 0.2) is 53.6 Å². The quantitative estimate of drug-likeness (QED) is 0.491. The van der Waals surface area contributed by atoms with Crippen LogP contribution in [0.4, 0.5) is 0 Å². The van der Waals surface area contributed by atoms with Gasteiger partial charge < -0.3 is 19.1 Å². The van der Waals surface area contributed by atoms with Crippen LogP contribution in [0, 0.1) is 5.41 Å². The van der Waals surface area contributed by atoms with E-state index in [0.29, 0.717) is 37.5 Å². The zero-order valence-electron chi connectivity index (χ0n) is 22.1. The highest BCUT2D eigenvalue weighted by molar-refractivity contribution is 6.05. The topological polar surface area (TPSA) is 80.7 Å². The summed E-state index contributed by atoms with van der Waals surface area (Å²) in [6.45, 7) is 6.63. The Morgan fingerprint density at radius 2 is 1.78 bits per heavy atom. The number of carbonyl (C=O) groups is 2. The fourth-order valence-corrected chi connectivity index (χ4v) is 4.17. The molecule has 194 valence electrons. The van der Waals surface area contributed by atoms with Crippen LogP contribution in [-0.2, 0) is 14.3 Å². The summed E-state index contributed by atoms with van der Waals surface area (Å²) in [4.78, 5) is 28.2. The lowest BCUT2D eigenvalue weighted by Gasteiger charge is -2.29. The van der Waals surface area contributed by atoms with Gasteiger partial charge in [-0.1, -0.05) is 51.1 Å². The van der Waals surface area contributed by atoms with E-state index >= 15 is 0 Å². The molecule has 8 nitrogen and oxygen atoms in total. The Kier molecular flexibility index (Phi) is 9.09. The number of benzene rings is 2. The highest BCUT2D eigenvalue weighted by atomic mass is 16.5. The second-order valence-electron chi connectivity index (χ2n) is 10.0. The van der Waals surface area contributed by atoms with E-state index in [0.717, 1.165) is 16.8 Å². The molecule has 0 saturated carbocycles. The maximum atomic E-state index is 13.6. The summed E-state index contributed by atoms with van der Waals surface area (Å²) in [6.07, 6.45) is 0.857. The van der Waals surface area contributed by atoms with Crippen molar-refractivity contribution in [3.8, 4) is 11.5 Å². The summed E-state index contributed by atoms with van der Waals surface area (Å²) >= 11 is 0. The lowest BCUT2D eigenvalue weighted by molar-refractivity contribution is -0.143. The van der Waals surface area contributed by atoms with E-state index in [9.17, 15) is 9.59 Å². The van der Waals surface area contributed by atoms with Gasteiger partial charge in [-0.15, -0.1) is 0 Å². The van der Waals surface area contributed by atoms with Crippen molar-refractivity contribution in [1.82, 2.24) is 9.91 Å². The maximum absolute atomic E-state index is 13.6. The molecule has 2 aromatic carbocycles. The van der Waals surface area contributed by atoms with E-state index in [4.69, 9.17) is 19.3 Å². The SMILES string of the molecule is COCCN(CC(=O)N1N=C(c2ccc(OC)cc2OC)C[C@H]1c1ccccc1)C(=O)CC(C)(C)C. The predicted molar refractivity (Wildman–Crippen MR) is 139 cm³/mol. The molecule has 1 aliphatic heterocycles. The largest absolute Gasteiger partial charge is 0.497 e. The fraction of sp³-hybridized carbons (Fsp3) is 0.464. The number of hydrazone groups is 1. The standard InChI is InChI=1S/C28H37N3O5/c1-28(2,3)18-26(32)30(14-15-34-4)19-27(33)31-24(20-10-8-7-9-11-20)17-23(29-31)22-13-12-21(35-5)16-25(22)36-6/h7-13,16,24H,14-15,17-19H2,1-6H3/t24-/m0/s1. The Hall–Kier alpha value is -3.39. The molecular weight excluding hydrogens is 458 g/mol. The number of amides is 2. The fourth-order valence-electron chi connectivity index (χ4n) is 4.17. The maximum Gasteiger partial charge on any atom is 0.262 e. The third-order valence-corrected chi connectivity index (χ3v) is 6.00. The summed E-state index contributed by atoms with van der Waals surface area (Å²) in [5, 5.41) is 6.27. The zero-order valence-corrected chi connectivity index (χ0v) is 22.1. The van der Waals surface area contributed by atoms with Crippen LogP contribution >= 0.6 is 0 Å². The van der Waals surface area contributed by atoms with Gasteiger partial charge in [-0.3, -0.25) is 9.59 Å². The number of nitrogens with zero attached hydrogens (tertiary/aromatic N) is 3. The lowest BCUT2D eigenvalue weighted by Crippen LogP contribution is -2.43. The first-order chi connectivity index (χ1) is 17.2. The second-order valence-corrected chi connectivity index (χ2v) is 10.0. The minimum atomic E-state index is -0.289. The Labute approximate surface area is 213 Å². The van der Waals surface area contributed by atoms with Crippen molar-refractivity contribution in [2.75, 3.05) is 41.0 Å². The first-order valence-corrected chi connectivity index (χ1v) is 12.1. The first kappa shape index (κ1) is 27.2. The van der Waals surface area contributed by atoms with E-state index in [-0.39, 0.29) is 29.8 Å². The molecule has 2 aromatic rings. The first-order valence-electron chi connectivity index (χ1n) is 12.1. The van der Waals surface area contributed by atoms with Crippen molar-refractivity contribution in [2.45, 2.75) is 39.7 Å². The molecule has 1 heterocycles. The smallest absolute Gasteiger partial charge is 0.262 e. The number of hydrogen-bond acceptors (Lipinski definition) is 6. The average Bonchev–Trinajstić information content (AvgIpc) is 3.31. The minimum Gasteiger partial charge on any atom is -0.497 e. The van der Waals surface area contributed by atoms with Gasteiger partial charge in [0, 0.05) is 38.1 Å². The molecule has 0 unspecified atom stereocenters. The van der Waals surface area contributed by atoms with Crippen LogP contribution in [-0.4, -0.2) is 68.5 Å². The van der Waals surface area contributed by atoms with Crippen molar-refractivity contribution in [2.24, 2.45) is 10.5 Å². The molecule has 1 atom stereocenters. The van der Waals surface area contributed by atoms with Gasteiger partial charge in [0.2, 0.25) is 5.91 Å². The molecule has 0 bridgehead atoms. The Balaban J connectivity index is 1.93. The van der Waals surface area contributed by atoms with Gasteiger partial charge in [-0.25, -0.2) is 5.01 Å². The summed E-state index contributed by atoms with van der Waals surface area (Å²) in [5.41, 5.74) is 2.32. The molecule has 0 aromatic heterocycles. The average molecular weight is 496 g/mol. The molecule has 2 amide bonds. The molecule has 36 heavy (non-hydrogen) atoms. The van der Waals surface area contributed by atoms with Crippen molar-refractivity contribution >= 4 is 17.5 Å².